The zero-order valence-corrected chi connectivity index (χ0v) is 15.4. The second-order valence-electron chi connectivity index (χ2n) is 8.11. The molecule has 0 N–H and O–H groups in total. The van der Waals surface area contributed by atoms with E-state index in [1.807, 2.05) is 35.2 Å². The van der Waals surface area contributed by atoms with E-state index in [2.05, 4.69) is 4.90 Å². The van der Waals surface area contributed by atoms with E-state index in [9.17, 15) is 9.59 Å². The molecule has 140 valence electrons. The molecule has 2 aliphatic heterocycles. The van der Waals surface area contributed by atoms with Crippen LogP contribution in [0, 0.1) is 5.41 Å². The molecule has 0 unspecified atom stereocenters. The van der Waals surface area contributed by atoms with Crippen molar-refractivity contribution in [3.8, 4) is 0 Å². The van der Waals surface area contributed by atoms with Crippen LogP contribution in [0.25, 0.3) is 0 Å². The Morgan fingerprint density at radius 2 is 1.85 bits per heavy atom. The first-order valence-electron chi connectivity index (χ1n) is 9.84. The normalized spacial score (nSPS) is 22.7. The minimum Gasteiger partial charge on any atom is -0.367 e. The number of hydrogen-bond donors (Lipinski definition) is 0. The quantitative estimate of drug-likeness (QED) is 0.815. The maximum absolute atomic E-state index is 12.4. The smallest absolute Gasteiger partial charge is 0.248 e. The molecule has 1 aliphatic carbocycles. The number of ether oxygens (including phenoxy) is 1. The number of carbonyl (C=O) groups is 2. The molecule has 4 rings (SSSR count). The van der Waals surface area contributed by atoms with Gasteiger partial charge in [0.25, 0.3) is 0 Å². The molecule has 0 radical (unpaired) electrons. The topological polar surface area (TPSA) is 49.9 Å². The summed E-state index contributed by atoms with van der Waals surface area (Å²) >= 11 is 0. The van der Waals surface area contributed by atoms with Gasteiger partial charge in [0.1, 0.15) is 6.61 Å². The van der Waals surface area contributed by atoms with Crippen LogP contribution in [0.1, 0.15) is 44.1 Å². The van der Waals surface area contributed by atoms with Crippen LogP contribution in [0.5, 0.6) is 0 Å². The molecule has 1 spiro atoms. The molecule has 2 heterocycles. The van der Waals surface area contributed by atoms with Crippen LogP contribution < -0.4 is 0 Å². The van der Waals surface area contributed by atoms with Crippen molar-refractivity contribution in [2.24, 2.45) is 5.41 Å². The minimum atomic E-state index is 0.0849. The van der Waals surface area contributed by atoms with Gasteiger partial charge in [-0.2, -0.15) is 0 Å². The summed E-state index contributed by atoms with van der Waals surface area (Å²) in [5, 5.41) is 0. The van der Waals surface area contributed by atoms with Gasteiger partial charge in [-0.05, 0) is 43.1 Å². The molecule has 1 saturated carbocycles. The van der Waals surface area contributed by atoms with Crippen LogP contribution in [0.15, 0.2) is 30.3 Å². The third kappa shape index (κ3) is 3.93. The number of carbonyl (C=O) groups excluding carboxylic acids is 2. The first kappa shape index (κ1) is 17.5. The highest BCUT2D eigenvalue weighted by molar-refractivity contribution is 5.78. The highest BCUT2D eigenvalue weighted by atomic mass is 16.5. The Morgan fingerprint density at radius 1 is 1.12 bits per heavy atom. The molecular formula is C21H28N2O3. The Labute approximate surface area is 155 Å². The molecule has 26 heavy (non-hydrogen) atoms. The number of nitrogens with zero attached hydrogens (tertiary/aromatic N) is 2. The zero-order valence-electron chi connectivity index (χ0n) is 15.4. The average molecular weight is 356 g/mol. The summed E-state index contributed by atoms with van der Waals surface area (Å²) in [6.07, 6.45) is 6.03. The molecule has 2 amide bonds. The van der Waals surface area contributed by atoms with Crippen molar-refractivity contribution < 1.29 is 14.3 Å². The van der Waals surface area contributed by atoms with Gasteiger partial charge >= 0.3 is 0 Å². The van der Waals surface area contributed by atoms with Gasteiger partial charge in [0.05, 0.1) is 6.61 Å². The Balaban J connectivity index is 1.24. The van der Waals surface area contributed by atoms with Crippen molar-refractivity contribution in [2.75, 3.05) is 26.2 Å². The monoisotopic (exact) mass is 356 g/mol. The molecule has 2 saturated heterocycles. The molecule has 0 atom stereocenters. The van der Waals surface area contributed by atoms with E-state index in [1.54, 1.807) is 0 Å². The summed E-state index contributed by atoms with van der Waals surface area (Å²) in [7, 11) is 0. The lowest BCUT2D eigenvalue weighted by Gasteiger charge is -2.47. The van der Waals surface area contributed by atoms with Gasteiger partial charge in [0, 0.05) is 32.1 Å². The van der Waals surface area contributed by atoms with E-state index < -0.39 is 0 Å². The molecule has 5 heteroatoms. The number of benzene rings is 1. The van der Waals surface area contributed by atoms with Crippen molar-refractivity contribution in [3.05, 3.63) is 35.9 Å². The Bertz CT molecular complexity index is 648. The van der Waals surface area contributed by atoms with Crippen molar-refractivity contribution in [3.63, 3.8) is 0 Å². The lowest BCUT2D eigenvalue weighted by Crippen LogP contribution is -2.53. The highest BCUT2D eigenvalue weighted by Gasteiger charge is 2.45. The standard InChI is InChI=1S/C21H28N2O3/c24-19-8-9-21(16-23(19)18-6-7-18)10-12-22(13-11-21)20(25)15-26-14-17-4-2-1-3-5-17/h1-5,18H,6-16H2. The van der Waals surface area contributed by atoms with E-state index in [4.69, 9.17) is 4.74 Å². The van der Waals surface area contributed by atoms with Crippen molar-refractivity contribution in [1.29, 1.82) is 0 Å². The lowest BCUT2D eigenvalue weighted by atomic mass is 9.72. The number of likely N-dealkylation sites (tertiary alicyclic amines) is 2. The Hall–Kier alpha value is -1.88. The third-order valence-corrected chi connectivity index (χ3v) is 6.20. The van der Waals surface area contributed by atoms with Gasteiger partial charge in [-0.3, -0.25) is 9.59 Å². The number of rotatable bonds is 5. The lowest BCUT2D eigenvalue weighted by molar-refractivity contribution is -0.145. The first-order chi connectivity index (χ1) is 12.7. The van der Waals surface area contributed by atoms with Gasteiger partial charge < -0.3 is 14.5 Å². The number of amides is 2. The van der Waals surface area contributed by atoms with E-state index in [0.29, 0.717) is 25.0 Å². The number of piperidine rings is 2. The molecular weight excluding hydrogens is 328 g/mol. The van der Waals surface area contributed by atoms with Crippen LogP contribution in [-0.4, -0.2) is 53.9 Å². The highest BCUT2D eigenvalue weighted by Crippen LogP contribution is 2.43. The largest absolute Gasteiger partial charge is 0.367 e. The Morgan fingerprint density at radius 3 is 2.54 bits per heavy atom. The molecule has 1 aromatic rings. The summed E-state index contributed by atoms with van der Waals surface area (Å²) in [5.41, 5.74) is 1.32. The zero-order chi connectivity index (χ0) is 18.0. The molecule has 1 aromatic carbocycles. The van der Waals surface area contributed by atoms with Crippen molar-refractivity contribution in [1.82, 2.24) is 9.80 Å². The first-order valence-corrected chi connectivity index (χ1v) is 9.84. The van der Waals surface area contributed by atoms with Crippen molar-refractivity contribution >= 4 is 11.8 Å². The summed E-state index contributed by atoms with van der Waals surface area (Å²) in [6, 6.07) is 10.4. The molecule has 3 aliphatic rings. The van der Waals surface area contributed by atoms with E-state index in [0.717, 1.165) is 44.5 Å². The Kier molecular flexibility index (Phi) is 4.98. The molecule has 5 nitrogen and oxygen atoms in total. The SMILES string of the molecule is O=C(COCc1ccccc1)N1CCC2(CCC(=O)N(C3CC3)C2)CC1. The molecule has 0 aromatic heterocycles. The van der Waals surface area contributed by atoms with Gasteiger partial charge in [-0.25, -0.2) is 0 Å². The predicted octanol–water partition coefficient (Wildman–Crippen LogP) is 2.60. The van der Waals surface area contributed by atoms with Crippen LogP contribution in [0.2, 0.25) is 0 Å². The van der Waals surface area contributed by atoms with E-state index in [1.165, 1.54) is 12.8 Å². The van der Waals surface area contributed by atoms with Crippen molar-refractivity contribution in [2.45, 2.75) is 51.2 Å². The third-order valence-electron chi connectivity index (χ3n) is 6.20. The molecule has 3 fully saturated rings. The van der Waals surface area contributed by atoms with E-state index in [-0.39, 0.29) is 17.9 Å². The van der Waals surface area contributed by atoms with Gasteiger partial charge in [0.15, 0.2) is 0 Å². The maximum atomic E-state index is 12.4. The summed E-state index contributed by atoms with van der Waals surface area (Å²) in [5.74, 6) is 0.424. The van der Waals surface area contributed by atoms with Crippen LogP contribution >= 0.6 is 0 Å². The van der Waals surface area contributed by atoms with E-state index >= 15 is 0 Å². The second-order valence-corrected chi connectivity index (χ2v) is 8.11. The fourth-order valence-corrected chi connectivity index (χ4v) is 4.32. The van der Waals surface area contributed by atoms with Gasteiger partial charge in [-0.15, -0.1) is 0 Å². The summed E-state index contributed by atoms with van der Waals surface area (Å²) in [6.45, 7) is 3.11. The van der Waals surface area contributed by atoms with Crippen LogP contribution in [0.4, 0.5) is 0 Å². The number of hydrogen-bond acceptors (Lipinski definition) is 3. The van der Waals surface area contributed by atoms with Gasteiger partial charge in [-0.1, -0.05) is 30.3 Å². The fourth-order valence-electron chi connectivity index (χ4n) is 4.32. The summed E-state index contributed by atoms with van der Waals surface area (Å²) in [4.78, 5) is 28.7. The second kappa shape index (κ2) is 7.39. The minimum absolute atomic E-state index is 0.0849. The predicted molar refractivity (Wildman–Crippen MR) is 98.3 cm³/mol. The fraction of sp³-hybridized carbons (Fsp3) is 0.619. The van der Waals surface area contributed by atoms with Crippen LogP contribution in [-0.2, 0) is 20.9 Å². The molecule has 0 bridgehead atoms. The van der Waals surface area contributed by atoms with Crippen LogP contribution in [0.3, 0.4) is 0 Å². The summed E-state index contributed by atoms with van der Waals surface area (Å²) < 4.78 is 5.60. The van der Waals surface area contributed by atoms with Gasteiger partial charge in [0.2, 0.25) is 11.8 Å². The maximum Gasteiger partial charge on any atom is 0.248 e. The average Bonchev–Trinajstić information content (AvgIpc) is 3.50.